The van der Waals surface area contributed by atoms with Crippen LogP contribution in [0.4, 0.5) is 8.78 Å². The van der Waals surface area contributed by atoms with E-state index in [1.54, 1.807) is 0 Å². The van der Waals surface area contributed by atoms with Gasteiger partial charge in [-0.3, -0.25) is 9.78 Å². The highest BCUT2D eigenvalue weighted by Gasteiger charge is 2.46. The number of hydrogen-bond donors (Lipinski definition) is 3. The highest BCUT2D eigenvalue weighted by molar-refractivity contribution is 5.73. The molecule has 1 aliphatic carbocycles. The summed E-state index contributed by atoms with van der Waals surface area (Å²) >= 11 is 0. The predicted molar refractivity (Wildman–Crippen MR) is 116 cm³/mol. The van der Waals surface area contributed by atoms with Gasteiger partial charge in [0, 0.05) is 25.7 Å². The van der Waals surface area contributed by atoms with Gasteiger partial charge in [0.05, 0.1) is 23.4 Å². The van der Waals surface area contributed by atoms with E-state index in [0.717, 1.165) is 24.6 Å². The van der Waals surface area contributed by atoms with Gasteiger partial charge in [-0.15, -0.1) is 0 Å². The maximum absolute atomic E-state index is 13.5. The number of carbonyl (C=O) groups excluding carboxylic acids is 1. The minimum atomic E-state index is -0.946. The number of rotatable bonds is 8. The van der Waals surface area contributed by atoms with Gasteiger partial charge in [0.1, 0.15) is 11.6 Å². The van der Waals surface area contributed by atoms with Crippen molar-refractivity contribution < 1.29 is 18.7 Å². The summed E-state index contributed by atoms with van der Waals surface area (Å²) in [6.45, 7) is 8.01. The third-order valence-electron chi connectivity index (χ3n) is 5.75. The van der Waals surface area contributed by atoms with E-state index in [4.69, 9.17) is 0 Å². The molecule has 1 aliphatic rings. The molecule has 0 radical (unpaired) electrons. The number of carbonyl (C=O) groups is 1. The van der Waals surface area contributed by atoms with Crippen LogP contribution in [0, 0.1) is 11.6 Å². The van der Waals surface area contributed by atoms with E-state index < -0.39 is 23.8 Å². The fourth-order valence-electron chi connectivity index (χ4n) is 3.78. The molecule has 0 saturated heterocycles. The first-order chi connectivity index (χ1) is 14.5. The Bertz CT molecular complexity index is 918. The van der Waals surface area contributed by atoms with Crippen LogP contribution < -0.4 is 10.6 Å². The zero-order chi connectivity index (χ0) is 22.8. The number of amides is 1. The average Bonchev–Trinajstić information content (AvgIpc) is 3.45. The Labute approximate surface area is 182 Å². The topological polar surface area (TPSA) is 74.2 Å². The molecular formula is C24H31F2N3O2. The Hall–Kier alpha value is -2.38. The number of hydrogen-bond acceptors (Lipinski definition) is 4. The SMILES string of the molecule is CC(=O)NC(Cc1cc(F)cc(F)c1)[C@H](O)CNC1(c2cc(C(C)(C)C)ccn2)CC1. The van der Waals surface area contributed by atoms with Gasteiger partial charge < -0.3 is 15.7 Å². The summed E-state index contributed by atoms with van der Waals surface area (Å²) in [7, 11) is 0. The number of nitrogens with zero attached hydrogens (tertiary/aromatic N) is 1. The van der Waals surface area contributed by atoms with Gasteiger partial charge in [0.2, 0.25) is 5.91 Å². The highest BCUT2D eigenvalue weighted by atomic mass is 19.1. The summed E-state index contributed by atoms with van der Waals surface area (Å²) in [6, 6.07) is 6.65. The lowest BCUT2D eigenvalue weighted by atomic mass is 9.86. The Balaban J connectivity index is 1.70. The molecule has 1 aromatic heterocycles. The van der Waals surface area contributed by atoms with Crippen molar-refractivity contribution in [2.24, 2.45) is 0 Å². The summed E-state index contributed by atoms with van der Waals surface area (Å²) < 4.78 is 27.1. The first-order valence-corrected chi connectivity index (χ1v) is 10.6. The molecule has 7 heteroatoms. The maximum atomic E-state index is 13.5. The number of nitrogens with one attached hydrogen (secondary N) is 2. The van der Waals surface area contributed by atoms with Crippen LogP contribution in [0.1, 0.15) is 57.4 Å². The summed E-state index contributed by atoms with van der Waals surface area (Å²) in [5.74, 6) is -1.70. The van der Waals surface area contributed by atoms with Crippen LogP contribution in [0.3, 0.4) is 0 Å². The standard InChI is InChI=1S/C24H31F2N3O2/c1-15(30)29-20(11-16-9-18(25)13-19(26)10-16)21(31)14-28-24(6-7-24)22-12-17(5-8-27-22)23(2,3)4/h5,8-10,12-13,20-21,28,31H,6-7,11,14H2,1-4H3,(H,29,30)/t20?,21-/m1/s1. The van der Waals surface area contributed by atoms with Crippen LogP contribution in [0.5, 0.6) is 0 Å². The normalized spacial score (nSPS) is 17.1. The van der Waals surface area contributed by atoms with Crippen molar-refractivity contribution in [1.82, 2.24) is 15.6 Å². The third kappa shape index (κ3) is 6.08. The lowest BCUT2D eigenvalue weighted by Crippen LogP contribution is -2.49. The molecule has 1 heterocycles. The van der Waals surface area contributed by atoms with Crippen LogP contribution in [0.25, 0.3) is 0 Å². The molecule has 0 bridgehead atoms. The highest BCUT2D eigenvalue weighted by Crippen LogP contribution is 2.45. The fraction of sp³-hybridized carbons (Fsp3) is 0.500. The van der Waals surface area contributed by atoms with Gasteiger partial charge in [0.15, 0.2) is 0 Å². The van der Waals surface area contributed by atoms with Crippen molar-refractivity contribution in [3.63, 3.8) is 0 Å². The van der Waals surface area contributed by atoms with Crippen molar-refractivity contribution in [1.29, 1.82) is 0 Å². The Morgan fingerprint density at radius 1 is 1.19 bits per heavy atom. The van der Waals surface area contributed by atoms with E-state index in [1.807, 2.05) is 12.3 Å². The van der Waals surface area contributed by atoms with Crippen LogP contribution in [-0.2, 0) is 22.2 Å². The Morgan fingerprint density at radius 3 is 2.39 bits per heavy atom. The van der Waals surface area contributed by atoms with Crippen LogP contribution in [0.15, 0.2) is 36.5 Å². The smallest absolute Gasteiger partial charge is 0.217 e. The number of aliphatic hydroxyl groups is 1. The molecule has 3 N–H and O–H groups in total. The van der Waals surface area contributed by atoms with Gasteiger partial charge in [0.25, 0.3) is 0 Å². The summed E-state index contributed by atoms with van der Waals surface area (Å²) in [5, 5.41) is 16.9. The molecule has 5 nitrogen and oxygen atoms in total. The van der Waals surface area contributed by atoms with Crippen molar-refractivity contribution in [3.05, 3.63) is 65.0 Å². The molecule has 2 atom stereocenters. The monoisotopic (exact) mass is 431 g/mol. The molecule has 2 aromatic rings. The largest absolute Gasteiger partial charge is 0.390 e. The number of halogens is 2. The molecule has 0 aliphatic heterocycles. The first-order valence-electron chi connectivity index (χ1n) is 10.6. The molecule has 168 valence electrons. The molecular weight excluding hydrogens is 400 g/mol. The first kappa shape index (κ1) is 23.3. The molecule has 31 heavy (non-hydrogen) atoms. The minimum Gasteiger partial charge on any atom is -0.390 e. The molecule has 1 unspecified atom stereocenters. The maximum Gasteiger partial charge on any atom is 0.217 e. The number of benzene rings is 1. The van der Waals surface area contributed by atoms with Gasteiger partial charge in [-0.1, -0.05) is 20.8 Å². The zero-order valence-electron chi connectivity index (χ0n) is 18.5. The average molecular weight is 432 g/mol. The van der Waals surface area contributed by atoms with Crippen molar-refractivity contribution in [2.75, 3.05) is 6.54 Å². The minimum absolute atomic E-state index is 0.00399. The second kappa shape index (κ2) is 9.01. The van der Waals surface area contributed by atoms with Crippen molar-refractivity contribution >= 4 is 5.91 Å². The van der Waals surface area contributed by atoms with Gasteiger partial charge in [-0.2, -0.15) is 0 Å². The van der Waals surface area contributed by atoms with Crippen molar-refractivity contribution in [3.8, 4) is 0 Å². The van der Waals surface area contributed by atoms with Crippen LogP contribution in [-0.4, -0.2) is 34.7 Å². The van der Waals surface area contributed by atoms with Gasteiger partial charge in [-0.05, 0) is 60.1 Å². The molecule has 1 fully saturated rings. The molecule has 1 amide bonds. The zero-order valence-corrected chi connectivity index (χ0v) is 18.5. The molecule has 1 saturated carbocycles. The second-order valence-corrected chi connectivity index (χ2v) is 9.50. The Kier molecular flexibility index (Phi) is 6.76. The van der Waals surface area contributed by atoms with E-state index in [2.05, 4.69) is 42.5 Å². The fourth-order valence-corrected chi connectivity index (χ4v) is 3.78. The summed E-state index contributed by atoms with van der Waals surface area (Å²) in [6.07, 6.45) is 2.79. The van der Waals surface area contributed by atoms with E-state index in [0.29, 0.717) is 5.56 Å². The van der Waals surface area contributed by atoms with Crippen molar-refractivity contribution in [2.45, 2.75) is 70.1 Å². The van der Waals surface area contributed by atoms with E-state index >= 15 is 0 Å². The number of aromatic nitrogens is 1. The number of aliphatic hydroxyl groups excluding tert-OH is 1. The Morgan fingerprint density at radius 2 is 1.84 bits per heavy atom. The summed E-state index contributed by atoms with van der Waals surface area (Å²) in [5.41, 5.74) is 2.21. The lowest BCUT2D eigenvalue weighted by molar-refractivity contribution is -0.120. The molecule has 3 rings (SSSR count). The predicted octanol–water partition coefficient (Wildman–Crippen LogP) is 3.34. The van der Waals surface area contributed by atoms with Gasteiger partial charge >= 0.3 is 0 Å². The molecule has 1 aromatic carbocycles. The van der Waals surface area contributed by atoms with Crippen LogP contribution in [0.2, 0.25) is 0 Å². The lowest BCUT2D eigenvalue weighted by Gasteiger charge is -2.27. The van der Waals surface area contributed by atoms with Gasteiger partial charge in [-0.25, -0.2) is 8.78 Å². The third-order valence-corrected chi connectivity index (χ3v) is 5.75. The second-order valence-electron chi connectivity index (χ2n) is 9.50. The van der Waals surface area contributed by atoms with E-state index in [1.165, 1.54) is 24.6 Å². The summed E-state index contributed by atoms with van der Waals surface area (Å²) in [4.78, 5) is 16.2. The van der Waals surface area contributed by atoms with E-state index in [-0.39, 0.29) is 29.8 Å². The quantitative estimate of drug-likeness (QED) is 0.599. The van der Waals surface area contributed by atoms with Crippen LogP contribution >= 0.6 is 0 Å². The van der Waals surface area contributed by atoms with E-state index in [9.17, 15) is 18.7 Å². The molecule has 0 spiro atoms. The number of pyridine rings is 1.